The lowest BCUT2D eigenvalue weighted by molar-refractivity contribution is 0.249. The molecule has 0 saturated heterocycles. The van der Waals surface area contributed by atoms with Crippen LogP contribution in [-0.4, -0.2) is 38.1 Å². The van der Waals surface area contributed by atoms with Gasteiger partial charge in [0.1, 0.15) is 5.56 Å². The fraction of sp³-hybridized carbons (Fsp3) is 0.250. The van der Waals surface area contributed by atoms with Gasteiger partial charge in [-0.3, -0.25) is 19.2 Å². The maximum absolute atomic E-state index is 13.0. The molecule has 7 heteroatoms. The number of fused-ring (bicyclic) bond motifs is 3. The Hall–Kier alpha value is -3.58. The Labute approximate surface area is 178 Å². The molecule has 0 saturated carbocycles. The van der Waals surface area contributed by atoms with Crippen LogP contribution in [0.15, 0.2) is 64.2 Å². The third kappa shape index (κ3) is 3.00. The number of hydrogen-bond acceptors (Lipinski definition) is 4. The molecule has 0 spiro atoms. The van der Waals surface area contributed by atoms with E-state index in [9.17, 15) is 14.7 Å². The third-order valence-corrected chi connectivity index (χ3v) is 6.37. The minimum absolute atomic E-state index is 0.178. The van der Waals surface area contributed by atoms with Crippen LogP contribution in [0.1, 0.15) is 41.4 Å². The zero-order valence-electron chi connectivity index (χ0n) is 17.4. The summed E-state index contributed by atoms with van der Waals surface area (Å²) in [6, 6.07) is 16.5. The molecule has 158 valence electrons. The fourth-order valence-electron chi connectivity index (χ4n) is 4.76. The quantitative estimate of drug-likeness (QED) is 0.479. The summed E-state index contributed by atoms with van der Waals surface area (Å²) in [5.74, 6) is -0.298. The average molecular weight is 416 g/mol. The number of aromatic amines is 2. The second kappa shape index (κ2) is 7.28. The van der Waals surface area contributed by atoms with E-state index < -0.39 is 23.3 Å². The number of aromatic nitrogens is 3. The van der Waals surface area contributed by atoms with Gasteiger partial charge in [-0.1, -0.05) is 48.5 Å². The molecule has 1 aliphatic heterocycles. The predicted molar refractivity (Wildman–Crippen MR) is 120 cm³/mol. The van der Waals surface area contributed by atoms with Crippen molar-refractivity contribution < 1.29 is 5.11 Å². The number of H-pyrrole nitrogens is 2. The van der Waals surface area contributed by atoms with Crippen LogP contribution in [0.2, 0.25) is 0 Å². The van der Waals surface area contributed by atoms with E-state index in [-0.39, 0.29) is 11.4 Å². The van der Waals surface area contributed by atoms with Crippen LogP contribution in [-0.2, 0) is 6.42 Å². The van der Waals surface area contributed by atoms with Gasteiger partial charge < -0.3 is 10.1 Å². The topological polar surface area (TPSA) is 94.1 Å². The number of rotatable bonds is 3. The van der Waals surface area contributed by atoms with Crippen molar-refractivity contribution in [3.63, 3.8) is 0 Å². The molecule has 7 nitrogen and oxygen atoms in total. The minimum atomic E-state index is -0.627. The van der Waals surface area contributed by atoms with Crippen LogP contribution in [0.3, 0.4) is 0 Å². The third-order valence-electron chi connectivity index (χ3n) is 6.37. The van der Waals surface area contributed by atoms with Crippen molar-refractivity contribution in [2.24, 2.45) is 0 Å². The van der Waals surface area contributed by atoms with Gasteiger partial charge in [0.25, 0.3) is 5.56 Å². The number of nitrogens with zero attached hydrogens (tertiary/aromatic N) is 2. The second-order valence-electron chi connectivity index (χ2n) is 8.15. The van der Waals surface area contributed by atoms with Gasteiger partial charge in [-0.05, 0) is 37.6 Å². The number of aromatic hydroxyl groups is 1. The van der Waals surface area contributed by atoms with Crippen molar-refractivity contribution in [1.82, 2.24) is 19.4 Å². The zero-order valence-corrected chi connectivity index (χ0v) is 17.4. The molecule has 5 rings (SSSR count). The molecular weight excluding hydrogens is 392 g/mol. The number of benzene rings is 2. The van der Waals surface area contributed by atoms with Gasteiger partial charge >= 0.3 is 5.69 Å². The van der Waals surface area contributed by atoms with Gasteiger partial charge in [0.2, 0.25) is 5.88 Å². The molecule has 0 fully saturated rings. The van der Waals surface area contributed by atoms with E-state index in [2.05, 4.69) is 16.0 Å². The Morgan fingerprint density at radius 3 is 2.52 bits per heavy atom. The highest BCUT2D eigenvalue weighted by atomic mass is 16.3. The van der Waals surface area contributed by atoms with E-state index in [1.807, 2.05) is 67.4 Å². The van der Waals surface area contributed by atoms with Gasteiger partial charge in [-0.2, -0.15) is 0 Å². The van der Waals surface area contributed by atoms with Crippen molar-refractivity contribution in [2.75, 3.05) is 13.6 Å². The predicted octanol–water partition coefficient (Wildman–Crippen LogP) is 2.91. The normalized spacial score (nSPS) is 17.5. The van der Waals surface area contributed by atoms with Crippen LogP contribution in [0, 0.1) is 0 Å². The zero-order chi connectivity index (χ0) is 21.7. The van der Waals surface area contributed by atoms with Crippen LogP contribution in [0.4, 0.5) is 0 Å². The maximum Gasteiger partial charge on any atom is 0.331 e. The lowest BCUT2D eigenvalue weighted by atomic mass is 9.93. The van der Waals surface area contributed by atoms with E-state index in [0.29, 0.717) is 0 Å². The molecule has 0 aliphatic carbocycles. The molecule has 0 radical (unpaired) electrons. The molecule has 2 unspecified atom stereocenters. The lowest BCUT2D eigenvalue weighted by Gasteiger charge is -2.33. The Kier molecular flexibility index (Phi) is 4.55. The highest BCUT2D eigenvalue weighted by molar-refractivity contribution is 5.85. The van der Waals surface area contributed by atoms with E-state index in [1.165, 1.54) is 4.57 Å². The molecule has 1 aliphatic rings. The van der Waals surface area contributed by atoms with E-state index in [1.54, 1.807) is 0 Å². The number of hydrogen-bond donors (Lipinski definition) is 3. The van der Waals surface area contributed by atoms with E-state index >= 15 is 0 Å². The summed E-state index contributed by atoms with van der Waals surface area (Å²) in [7, 11) is 1.92. The lowest BCUT2D eigenvalue weighted by Crippen LogP contribution is -2.40. The molecule has 2 atom stereocenters. The van der Waals surface area contributed by atoms with Crippen molar-refractivity contribution in [3.05, 3.63) is 97.8 Å². The summed E-state index contributed by atoms with van der Waals surface area (Å²) >= 11 is 0. The summed E-state index contributed by atoms with van der Waals surface area (Å²) in [4.78, 5) is 33.6. The molecule has 0 bridgehead atoms. The molecule has 3 heterocycles. The number of para-hydroxylation sites is 1. The van der Waals surface area contributed by atoms with Crippen molar-refractivity contribution >= 4 is 10.9 Å². The van der Waals surface area contributed by atoms with Gasteiger partial charge in [-0.25, -0.2) is 4.79 Å². The van der Waals surface area contributed by atoms with Crippen LogP contribution in [0.5, 0.6) is 5.88 Å². The van der Waals surface area contributed by atoms with Crippen molar-refractivity contribution in [2.45, 2.75) is 25.4 Å². The molecule has 31 heavy (non-hydrogen) atoms. The first kappa shape index (κ1) is 19.4. The summed E-state index contributed by atoms with van der Waals surface area (Å²) in [5, 5.41) is 12.4. The minimum Gasteiger partial charge on any atom is -0.494 e. The van der Waals surface area contributed by atoms with Crippen molar-refractivity contribution in [1.29, 1.82) is 0 Å². The second-order valence-corrected chi connectivity index (χ2v) is 8.15. The number of likely N-dealkylation sites (N-methyl/N-ethyl adjacent to an activating group) is 1. The first-order valence-corrected chi connectivity index (χ1v) is 10.4. The van der Waals surface area contributed by atoms with Gasteiger partial charge in [-0.15, -0.1) is 0 Å². The largest absolute Gasteiger partial charge is 0.494 e. The maximum atomic E-state index is 13.0. The smallest absolute Gasteiger partial charge is 0.331 e. The van der Waals surface area contributed by atoms with Crippen LogP contribution in [0.25, 0.3) is 10.9 Å². The van der Waals surface area contributed by atoms with Crippen molar-refractivity contribution in [3.8, 4) is 5.88 Å². The summed E-state index contributed by atoms with van der Waals surface area (Å²) in [6.07, 6.45) is 0.838. The van der Waals surface area contributed by atoms with Gasteiger partial charge in [0.05, 0.1) is 12.1 Å². The highest BCUT2D eigenvalue weighted by Gasteiger charge is 2.35. The summed E-state index contributed by atoms with van der Waals surface area (Å²) < 4.78 is 1.26. The molecule has 2 aromatic carbocycles. The Bertz CT molecular complexity index is 1380. The molecule has 3 N–H and O–H groups in total. The molecule has 4 aromatic rings. The van der Waals surface area contributed by atoms with E-state index in [4.69, 9.17) is 0 Å². The fourth-order valence-corrected chi connectivity index (χ4v) is 4.76. The molecule has 0 amide bonds. The SMILES string of the molecule is CC(c1ccccc1)n1c(O)c(C2c3[nH]c4ccccc4c3CCN2C)c(=O)[nH]c1=O. The standard InChI is InChI=1S/C24H24N4O3/c1-14(15-8-4-3-5-9-15)28-23(30)19(22(29)26-24(28)31)21-20-17(12-13-27(21)2)16-10-6-7-11-18(16)25-20/h3-11,14,21,25,30H,12-13H2,1-2H3,(H,26,29,31). The van der Waals surface area contributed by atoms with Gasteiger partial charge in [0.15, 0.2) is 0 Å². The molecular formula is C24H24N4O3. The summed E-state index contributed by atoms with van der Waals surface area (Å²) in [5.41, 5.74) is 2.87. The summed E-state index contributed by atoms with van der Waals surface area (Å²) in [6.45, 7) is 2.56. The Balaban J connectivity index is 1.73. The first-order valence-electron chi connectivity index (χ1n) is 10.4. The Morgan fingerprint density at radius 1 is 1.03 bits per heavy atom. The average Bonchev–Trinajstić information content (AvgIpc) is 3.14. The molecule has 2 aromatic heterocycles. The van der Waals surface area contributed by atoms with E-state index in [0.717, 1.165) is 40.7 Å². The van der Waals surface area contributed by atoms with Gasteiger partial charge in [0, 0.05) is 23.1 Å². The van der Waals surface area contributed by atoms with Crippen LogP contribution < -0.4 is 11.2 Å². The van der Waals surface area contributed by atoms with Crippen LogP contribution >= 0.6 is 0 Å². The highest BCUT2D eigenvalue weighted by Crippen LogP contribution is 2.39. The number of nitrogens with one attached hydrogen (secondary N) is 2. The first-order chi connectivity index (χ1) is 15.0. The monoisotopic (exact) mass is 416 g/mol. The Morgan fingerprint density at radius 2 is 1.74 bits per heavy atom.